The fourth-order valence-electron chi connectivity index (χ4n) is 1.44. The molecule has 2 aromatic rings. The standard InChI is InChI=1S/C11H6ClF2NO/c12-11(13,14)10(16)8-5-1-3-7-4-2-6-15-9(7)8/h1-6H. The number of halogens is 3. The van der Waals surface area contributed by atoms with Crippen LogP contribution in [0, 0.1) is 0 Å². The Morgan fingerprint density at radius 2 is 1.94 bits per heavy atom. The number of para-hydroxylation sites is 1. The summed E-state index contributed by atoms with van der Waals surface area (Å²) in [6.45, 7) is 0. The van der Waals surface area contributed by atoms with E-state index in [1.807, 2.05) is 0 Å². The minimum absolute atomic E-state index is 0.168. The second-order valence-corrected chi connectivity index (χ2v) is 3.68. The lowest BCUT2D eigenvalue weighted by molar-refractivity contribution is 0.0538. The van der Waals surface area contributed by atoms with Crippen LogP contribution in [0.25, 0.3) is 10.9 Å². The van der Waals surface area contributed by atoms with Gasteiger partial charge in [0.1, 0.15) is 0 Å². The van der Waals surface area contributed by atoms with Gasteiger partial charge in [-0.15, -0.1) is 0 Å². The molecule has 1 heterocycles. The summed E-state index contributed by atoms with van der Waals surface area (Å²) in [5, 5.41) is -3.28. The first-order valence-electron chi connectivity index (χ1n) is 4.45. The van der Waals surface area contributed by atoms with Crippen molar-refractivity contribution in [3.05, 3.63) is 42.1 Å². The van der Waals surface area contributed by atoms with E-state index in [0.717, 1.165) is 0 Å². The number of hydrogen-bond donors (Lipinski definition) is 0. The maximum Gasteiger partial charge on any atom is 0.385 e. The topological polar surface area (TPSA) is 30.0 Å². The number of rotatable bonds is 2. The number of carbonyl (C=O) groups is 1. The number of carbonyl (C=O) groups excluding carboxylic acids is 1. The molecular formula is C11H6ClF2NO. The third kappa shape index (κ3) is 1.88. The molecule has 0 spiro atoms. The molecule has 0 saturated heterocycles. The van der Waals surface area contributed by atoms with Gasteiger partial charge in [-0.05, 0) is 23.7 Å². The Labute approximate surface area is 94.9 Å². The van der Waals surface area contributed by atoms with Crippen molar-refractivity contribution in [2.24, 2.45) is 0 Å². The SMILES string of the molecule is O=C(c1cccc2cccnc12)C(F)(F)Cl. The lowest BCUT2D eigenvalue weighted by Crippen LogP contribution is -2.21. The highest BCUT2D eigenvalue weighted by Gasteiger charge is 2.37. The van der Waals surface area contributed by atoms with E-state index in [9.17, 15) is 13.6 Å². The largest absolute Gasteiger partial charge is 0.385 e. The Balaban J connectivity index is 2.66. The molecule has 0 aliphatic carbocycles. The zero-order valence-corrected chi connectivity index (χ0v) is 8.71. The third-order valence-corrected chi connectivity index (χ3v) is 2.31. The van der Waals surface area contributed by atoms with Crippen LogP contribution in [0.1, 0.15) is 10.4 Å². The first-order chi connectivity index (χ1) is 7.50. The third-order valence-electron chi connectivity index (χ3n) is 2.13. The molecule has 2 rings (SSSR count). The number of Topliss-reactive ketones (excluding diaryl/α,β-unsaturated/α-hetero) is 1. The highest BCUT2D eigenvalue weighted by atomic mass is 35.5. The number of aromatic nitrogens is 1. The van der Waals surface area contributed by atoms with Crippen LogP contribution >= 0.6 is 11.6 Å². The average Bonchev–Trinajstić information content (AvgIpc) is 2.26. The van der Waals surface area contributed by atoms with Gasteiger partial charge in [0.15, 0.2) is 0 Å². The van der Waals surface area contributed by atoms with E-state index in [1.54, 1.807) is 18.2 Å². The molecule has 0 fully saturated rings. The van der Waals surface area contributed by atoms with Gasteiger partial charge in [0.25, 0.3) is 0 Å². The molecule has 0 aliphatic rings. The smallest absolute Gasteiger partial charge is 0.286 e. The van der Waals surface area contributed by atoms with Crippen molar-refractivity contribution < 1.29 is 13.6 Å². The quantitative estimate of drug-likeness (QED) is 0.597. The van der Waals surface area contributed by atoms with E-state index in [1.165, 1.54) is 18.3 Å². The van der Waals surface area contributed by atoms with Gasteiger partial charge in [-0.1, -0.05) is 18.2 Å². The Bertz CT molecular complexity index is 546. The van der Waals surface area contributed by atoms with Gasteiger partial charge < -0.3 is 0 Å². The summed E-state index contributed by atoms with van der Waals surface area (Å²) < 4.78 is 25.4. The van der Waals surface area contributed by atoms with Crippen molar-refractivity contribution in [3.63, 3.8) is 0 Å². The zero-order valence-electron chi connectivity index (χ0n) is 7.95. The molecule has 82 valence electrons. The molecule has 1 aromatic carbocycles. The number of pyridine rings is 1. The van der Waals surface area contributed by atoms with Crippen LogP contribution in [0.5, 0.6) is 0 Å². The van der Waals surface area contributed by atoms with Crippen molar-refractivity contribution in [2.75, 3.05) is 0 Å². The number of ketones is 1. The van der Waals surface area contributed by atoms with Gasteiger partial charge in [-0.2, -0.15) is 8.78 Å². The minimum atomic E-state index is -3.90. The predicted octanol–water partition coefficient (Wildman–Crippen LogP) is 3.25. The van der Waals surface area contributed by atoms with E-state index in [0.29, 0.717) is 5.39 Å². The Morgan fingerprint density at radius 3 is 2.62 bits per heavy atom. The van der Waals surface area contributed by atoms with Crippen molar-refractivity contribution in [1.82, 2.24) is 4.98 Å². The van der Waals surface area contributed by atoms with Gasteiger partial charge >= 0.3 is 5.38 Å². The summed E-state index contributed by atoms with van der Waals surface area (Å²) in [6, 6.07) is 7.83. The predicted molar refractivity (Wildman–Crippen MR) is 56.9 cm³/mol. The van der Waals surface area contributed by atoms with Crippen molar-refractivity contribution in [1.29, 1.82) is 0 Å². The Kier molecular flexibility index (Phi) is 2.59. The van der Waals surface area contributed by atoms with Gasteiger partial charge in [0.05, 0.1) is 11.1 Å². The molecule has 0 radical (unpaired) electrons. The molecular weight excluding hydrogens is 236 g/mol. The molecule has 0 amide bonds. The second kappa shape index (κ2) is 3.79. The van der Waals surface area contributed by atoms with Crippen molar-refractivity contribution >= 4 is 28.3 Å². The molecule has 0 atom stereocenters. The zero-order chi connectivity index (χ0) is 11.8. The van der Waals surface area contributed by atoms with E-state index < -0.39 is 11.2 Å². The van der Waals surface area contributed by atoms with Crippen LogP contribution in [-0.2, 0) is 0 Å². The maximum absolute atomic E-state index is 12.7. The van der Waals surface area contributed by atoms with Gasteiger partial charge in [-0.3, -0.25) is 9.78 Å². The van der Waals surface area contributed by atoms with Gasteiger partial charge in [0, 0.05) is 11.6 Å². The Hall–Kier alpha value is -1.55. The van der Waals surface area contributed by atoms with Crippen molar-refractivity contribution in [2.45, 2.75) is 5.38 Å². The van der Waals surface area contributed by atoms with E-state index in [4.69, 9.17) is 11.6 Å². The highest BCUT2D eigenvalue weighted by Crippen LogP contribution is 2.27. The van der Waals surface area contributed by atoms with Crippen molar-refractivity contribution in [3.8, 4) is 0 Å². The molecule has 0 aliphatic heterocycles. The van der Waals surface area contributed by atoms with Crippen LogP contribution in [-0.4, -0.2) is 16.1 Å². The molecule has 0 bridgehead atoms. The van der Waals surface area contributed by atoms with Crippen LogP contribution in [0.3, 0.4) is 0 Å². The van der Waals surface area contributed by atoms with Crippen LogP contribution < -0.4 is 0 Å². The number of alkyl halides is 3. The number of hydrogen-bond acceptors (Lipinski definition) is 2. The monoisotopic (exact) mass is 241 g/mol. The summed E-state index contributed by atoms with van der Waals surface area (Å²) in [6.07, 6.45) is 1.44. The summed E-state index contributed by atoms with van der Waals surface area (Å²) in [4.78, 5) is 15.3. The number of nitrogens with zero attached hydrogens (tertiary/aromatic N) is 1. The fraction of sp³-hybridized carbons (Fsp3) is 0.0909. The lowest BCUT2D eigenvalue weighted by Gasteiger charge is -2.08. The average molecular weight is 242 g/mol. The molecule has 2 nitrogen and oxygen atoms in total. The molecule has 0 saturated carbocycles. The van der Waals surface area contributed by atoms with Crippen LogP contribution in [0.4, 0.5) is 8.78 Å². The van der Waals surface area contributed by atoms with Crippen LogP contribution in [0.2, 0.25) is 0 Å². The van der Waals surface area contributed by atoms with E-state index in [-0.39, 0.29) is 11.1 Å². The first-order valence-corrected chi connectivity index (χ1v) is 4.83. The lowest BCUT2D eigenvalue weighted by atomic mass is 10.1. The maximum atomic E-state index is 12.7. The number of fused-ring (bicyclic) bond motifs is 1. The fourth-order valence-corrected chi connectivity index (χ4v) is 1.54. The van der Waals surface area contributed by atoms with Gasteiger partial charge in [-0.25, -0.2) is 0 Å². The summed E-state index contributed by atoms with van der Waals surface area (Å²) in [5.41, 5.74) is 0.0634. The first kappa shape index (κ1) is 11.0. The van der Waals surface area contributed by atoms with Gasteiger partial charge in [0.2, 0.25) is 5.78 Å². The number of benzene rings is 1. The molecule has 1 aromatic heterocycles. The minimum Gasteiger partial charge on any atom is -0.286 e. The second-order valence-electron chi connectivity index (χ2n) is 3.21. The summed E-state index contributed by atoms with van der Waals surface area (Å²) >= 11 is 4.71. The molecule has 16 heavy (non-hydrogen) atoms. The van der Waals surface area contributed by atoms with E-state index in [2.05, 4.69) is 4.98 Å². The van der Waals surface area contributed by atoms with E-state index >= 15 is 0 Å². The van der Waals surface area contributed by atoms with Crippen LogP contribution in [0.15, 0.2) is 36.5 Å². The summed E-state index contributed by atoms with van der Waals surface area (Å²) in [5.74, 6) is -1.43. The molecule has 5 heteroatoms. The normalized spacial score (nSPS) is 11.7. The highest BCUT2D eigenvalue weighted by molar-refractivity contribution is 6.36. The molecule has 0 unspecified atom stereocenters. The Morgan fingerprint density at radius 1 is 1.25 bits per heavy atom. The summed E-state index contributed by atoms with van der Waals surface area (Å²) in [7, 11) is 0. The molecule has 0 N–H and O–H groups in total.